The van der Waals surface area contributed by atoms with E-state index in [1.165, 1.54) is 0 Å². The molecule has 5 rings (SSSR count). The Morgan fingerprint density at radius 3 is 2.80 bits per heavy atom. The Morgan fingerprint density at radius 2 is 2.00 bits per heavy atom. The Bertz CT molecular complexity index is 1180. The summed E-state index contributed by atoms with van der Waals surface area (Å²) in [6.07, 6.45) is 1.87. The van der Waals surface area contributed by atoms with E-state index >= 15 is 0 Å². The van der Waals surface area contributed by atoms with Crippen LogP contribution in [0.5, 0.6) is 0 Å². The number of pyridine rings is 1. The normalized spacial score (nSPS) is 15.8. The first-order valence-electron chi connectivity index (χ1n) is 9.81. The number of aryl methyl sites for hydroxylation is 1. The van der Waals surface area contributed by atoms with Gasteiger partial charge in [-0.15, -0.1) is 0 Å². The van der Waals surface area contributed by atoms with Crippen molar-refractivity contribution in [1.29, 1.82) is 0 Å². The molecule has 30 heavy (non-hydrogen) atoms. The molecule has 152 valence electrons. The summed E-state index contributed by atoms with van der Waals surface area (Å²) in [5.74, 6) is 1.58. The van der Waals surface area contributed by atoms with Crippen LogP contribution in [-0.2, 0) is 0 Å². The summed E-state index contributed by atoms with van der Waals surface area (Å²) in [7, 11) is 2.07. The monoisotopic (exact) mass is 419 g/mol. The van der Waals surface area contributed by atoms with Gasteiger partial charge < -0.3 is 15.1 Å². The molecule has 4 heterocycles. The second-order valence-electron chi connectivity index (χ2n) is 7.61. The van der Waals surface area contributed by atoms with Crippen LogP contribution in [0.15, 0.2) is 53.8 Å². The zero-order chi connectivity index (χ0) is 20.8. The number of rotatable bonds is 2. The van der Waals surface area contributed by atoms with Gasteiger partial charge in [0, 0.05) is 54.2 Å². The summed E-state index contributed by atoms with van der Waals surface area (Å²) in [4.78, 5) is 14.1. The highest BCUT2D eigenvalue weighted by molar-refractivity contribution is 6.36. The number of aromatic nitrogens is 3. The van der Waals surface area contributed by atoms with Gasteiger partial charge in [0.15, 0.2) is 5.82 Å². The van der Waals surface area contributed by atoms with E-state index in [0.717, 1.165) is 65.1 Å². The molecule has 3 aromatic rings. The van der Waals surface area contributed by atoms with Crippen LogP contribution in [0.25, 0.3) is 0 Å². The minimum atomic E-state index is 0.645. The van der Waals surface area contributed by atoms with Crippen molar-refractivity contribution >= 4 is 40.3 Å². The fourth-order valence-corrected chi connectivity index (χ4v) is 3.98. The standard InChI is InChI=1S/C22H22ClN7/c1-13-12-30(9-8-29(13)3)19-10-18-16(11-24-19)21(15-6-4-5-7-17(15)23)26-20-14(2)27-28-22(20)25-18/h4-7,10-11H,1,8-9,12H2,2-3H3,(H2,25,27,28). The van der Waals surface area contributed by atoms with Crippen LogP contribution in [0, 0.1) is 6.92 Å². The number of piperazine rings is 1. The number of aliphatic imine (C=N–C) groups is 1. The molecular formula is C22H22ClN7. The number of nitrogens with zero attached hydrogens (tertiary/aromatic N) is 5. The van der Waals surface area contributed by atoms with Gasteiger partial charge in [0.05, 0.1) is 23.6 Å². The number of hydrogen-bond acceptors (Lipinski definition) is 6. The van der Waals surface area contributed by atoms with Gasteiger partial charge in [-0.3, -0.25) is 5.10 Å². The average molecular weight is 420 g/mol. The van der Waals surface area contributed by atoms with E-state index in [2.05, 4.69) is 45.0 Å². The fourth-order valence-electron chi connectivity index (χ4n) is 3.76. The SMILES string of the molecule is C=C1CN(c2cc3c(cn2)C(c2ccccc2Cl)=Nc2c(n[nH]c2C)N3)CCN1C. The van der Waals surface area contributed by atoms with E-state index in [1.807, 2.05) is 37.4 Å². The lowest BCUT2D eigenvalue weighted by molar-refractivity contribution is 0.382. The molecule has 0 saturated carbocycles. The number of benzene rings is 1. The smallest absolute Gasteiger partial charge is 0.178 e. The molecule has 7 nitrogen and oxygen atoms in total. The number of halogens is 1. The third-order valence-electron chi connectivity index (χ3n) is 5.61. The largest absolute Gasteiger partial charge is 0.375 e. The molecule has 0 spiro atoms. The zero-order valence-corrected chi connectivity index (χ0v) is 17.7. The van der Waals surface area contributed by atoms with Gasteiger partial charge in [-0.25, -0.2) is 9.98 Å². The van der Waals surface area contributed by atoms with Crippen molar-refractivity contribution in [3.05, 3.63) is 70.6 Å². The van der Waals surface area contributed by atoms with E-state index in [0.29, 0.717) is 10.8 Å². The van der Waals surface area contributed by atoms with Crippen LogP contribution in [0.4, 0.5) is 23.0 Å². The van der Waals surface area contributed by atoms with Gasteiger partial charge in [0.25, 0.3) is 0 Å². The first-order valence-corrected chi connectivity index (χ1v) is 10.2. The highest BCUT2D eigenvalue weighted by Gasteiger charge is 2.25. The molecule has 0 radical (unpaired) electrons. The quantitative estimate of drug-likeness (QED) is 0.508. The highest BCUT2D eigenvalue weighted by atomic mass is 35.5. The molecule has 2 aliphatic heterocycles. The Kier molecular flexibility index (Phi) is 4.47. The molecule has 0 aliphatic carbocycles. The van der Waals surface area contributed by atoms with Crippen molar-refractivity contribution in [3.8, 4) is 0 Å². The fraction of sp³-hybridized carbons (Fsp3) is 0.227. The summed E-state index contributed by atoms with van der Waals surface area (Å²) in [6.45, 7) is 8.67. The zero-order valence-electron chi connectivity index (χ0n) is 16.9. The van der Waals surface area contributed by atoms with E-state index in [-0.39, 0.29) is 0 Å². The lowest BCUT2D eigenvalue weighted by Gasteiger charge is -2.36. The lowest BCUT2D eigenvalue weighted by Crippen LogP contribution is -2.43. The van der Waals surface area contributed by atoms with Crippen molar-refractivity contribution < 1.29 is 0 Å². The topological polar surface area (TPSA) is 72.4 Å². The maximum Gasteiger partial charge on any atom is 0.178 e. The number of hydrogen-bond donors (Lipinski definition) is 2. The Morgan fingerprint density at radius 1 is 1.17 bits per heavy atom. The van der Waals surface area contributed by atoms with Crippen LogP contribution in [-0.4, -0.2) is 52.5 Å². The molecule has 1 aromatic carbocycles. The predicted octanol–water partition coefficient (Wildman–Crippen LogP) is 4.26. The molecule has 1 fully saturated rings. The third-order valence-corrected chi connectivity index (χ3v) is 5.94. The van der Waals surface area contributed by atoms with Crippen molar-refractivity contribution in [2.45, 2.75) is 6.92 Å². The minimum absolute atomic E-state index is 0.645. The van der Waals surface area contributed by atoms with Crippen molar-refractivity contribution in [3.63, 3.8) is 0 Å². The number of anilines is 3. The van der Waals surface area contributed by atoms with Crippen molar-refractivity contribution in [1.82, 2.24) is 20.1 Å². The molecule has 1 saturated heterocycles. The van der Waals surface area contributed by atoms with Crippen LogP contribution in [0.1, 0.15) is 16.8 Å². The summed E-state index contributed by atoms with van der Waals surface area (Å²) >= 11 is 6.53. The summed E-state index contributed by atoms with van der Waals surface area (Å²) in [5, 5.41) is 11.5. The second kappa shape index (κ2) is 7.18. The van der Waals surface area contributed by atoms with Crippen LogP contribution in [0.2, 0.25) is 5.02 Å². The maximum atomic E-state index is 6.53. The van der Waals surface area contributed by atoms with Gasteiger partial charge >= 0.3 is 0 Å². The number of H-pyrrole nitrogens is 1. The van der Waals surface area contributed by atoms with Gasteiger partial charge in [0.2, 0.25) is 0 Å². The average Bonchev–Trinajstić information content (AvgIpc) is 2.99. The third kappa shape index (κ3) is 3.11. The van der Waals surface area contributed by atoms with Gasteiger partial charge in [0.1, 0.15) is 11.5 Å². The van der Waals surface area contributed by atoms with E-state index in [9.17, 15) is 0 Å². The van der Waals surface area contributed by atoms with Crippen molar-refractivity contribution in [2.24, 2.45) is 4.99 Å². The first kappa shape index (κ1) is 18.7. The lowest BCUT2D eigenvalue weighted by atomic mass is 10.0. The second-order valence-corrected chi connectivity index (χ2v) is 8.02. The van der Waals surface area contributed by atoms with Crippen LogP contribution >= 0.6 is 11.6 Å². The van der Waals surface area contributed by atoms with Crippen molar-refractivity contribution in [2.75, 3.05) is 36.9 Å². The van der Waals surface area contributed by atoms with E-state index < -0.39 is 0 Å². The molecule has 0 amide bonds. The van der Waals surface area contributed by atoms with Crippen LogP contribution < -0.4 is 10.2 Å². The summed E-state index contributed by atoms with van der Waals surface area (Å²) in [6, 6.07) is 9.78. The van der Waals surface area contributed by atoms with Gasteiger partial charge in [-0.05, 0) is 13.0 Å². The summed E-state index contributed by atoms with van der Waals surface area (Å²) in [5.41, 5.74) is 6.15. The van der Waals surface area contributed by atoms with E-state index in [4.69, 9.17) is 21.6 Å². The van der Waals surface area contributed by atoms with Gasteiger partial charge in [-0.1, -0.05) is 36.4 Å². The molecule has 2 aromatic heterocycles. The van der Waals surface area contributed by atoms with Crippen LogP contribution in [0.3, 0.4) is 0 Å². The number of fused-ring (bicyclic) bond motifs is 2. The molecule has 8 heteroatoms. The maximum absolute atomic E-state index is 6.53. The predicted molar refractivity (Wildman–Crippen MR) is 122 cm³/mol. The molecule has 0 atom stereocenters. The van der Waals surface area contributed by atoms with E-state index in [1.54, 1.807) is 0 Å². The molecule has 2 aliphatic rings. The number of likely N-dealkylation sites (N-methyl/N-ethyl adjacent to an activating group) is 1. The number of aromatic amines is 1. The Hall–Kier alpha value is -3.32. The molecule has 0 bridgehead atoms. The first-order chi connectivity index (χ1) is 14.5. The Labute approximate surface area is 180 Å². The Balaban J connectivity index is 1.64. The summed E-state index contributed by atoms with van der Waals surface area (Å²) < 4.78 is 0. The molecule has 2 N–H and O–H groups in total. The van der Waals surface area contributed by atoms with Gasteiger partial charge in [-0.2, -0.15) is 5.10 Å². The molecular weight excluding hydrogens is 398 g/mol. The highest BCUT2D eigenvalue weighted by Crippen LogP contribution is 2.38. The number of nitrogens with one attached hydrogen (secondary N) is 2. The minimum Gasteiger partial charge on any atom is -0.375 e. The molecule has 0 unspecified atom stereocenters.